The standard InChI is InChI=1S/C22H28N2O/c1-16-6-4-7-19(13-16)14-24-11-5-8-20(15-24)22(25)23-21-10-9-17(2)12-18(21)3/h4,6-7,9-10,12-13,20H,5,8,11,14-15H2,1-3H3,(H,23,25). The van der Waals surface area contributed by atoms with Crippen molar-refractivity contribution in [2.75, 3.05) is 18.4 Å². The molecule has 3 heteroatoms. The molecule has 0 saturated carbocycles. The van der Waals surface area contributed by atoms with Gasteiger partial charge in [0.1, 0.15) is 0 Å². The van der Waals surface area contributed by atoms with Crippen LogP contribution >= 0.6 is 0 Å². The SMILES string of the molecule is Cc1cccc(CN2CCCC(C(=O)Nc3ccc(C)cc3C)C2)c1. The summed E-state index contributed by atoms with van der Waals surface area (Å²) >= 11 is 0. The first kappa shape index (κ1) is 17.7. The summed E-state index contributed by atoms with van der Waals surface area (Å²) in [6, 6.07) is 14.8. The Morgan fingerprint density at radius 3 is 2.68 bits per heavy atom. The number of piperidine rings is 1. The number of hydrogen-bond acceptors (Lipinski definition) is 2. The zero-order valence-electron chi connectivity index (χ0n) is 15.5. The number of nitrogens with zero attached hydrogens (tertiary/aromatic N) is 1. The van der Waals surface area contributed by atoms with Gasteiger partial charge in [0.15, 0.2) is 0 Å². The lowest BCUT2D eigenvalue weighted by Gasteiger charge is -2.32. The number of anilines is 1. The van der Waals surface area contributed by atoms with Gasteiger partial charge in [0.2, 0.25) is 5.91 Å². The zero-order valence-corrected chi connectivity index (χ0v) is 15.5. The molecular formula is C22H28N2O. The van der Waals surface area contributed by atoms with Gasteiger partial charge in [0.05, 0.1) is 5.92 Å². The van der Waals surface area contributed by atoms with Crippen molar-refractivity contribution in [3.05, 3.63) is 64.7 Å². The van der Waals surface area contributed by atoms with Crippen molar-refractivity contribution in [3.63, 3.8) is 0 Å². The van der Waals surface area contributed by atoms with Gasteiger partial charge in [-0.2, -0.15) is 0 Å². The number of amides is 1. The molecule has 3 nitrogen and oxygen atoms in total. The van der Waals surface area contributed by atoms with Gasteiger partial charge >= 0.3 is 0 Å². The molecule has 1 unspecified atom stereocenters. The third kappa shape index (κ3) is 4.70. The first-order valence-electron chi connectivity index (χ1n) is 9.17. The number of likely N-dealkylation sites (tertiary alicyclic amines) is 1. The van der Waals surface area contributed by atoms with E-state index in [0.717, 1.165) is 43.7 Å². The van der Waals surface area contributed by atoms with Gasteiger partial charge in [-0.3, -0.25) is 9.69 Å². The number of benzene rings is 2. The highest BCUT2D eigenvalue weighted by Crippen LogP contribution is 2.22. The van der Waals surface area contributed by atoms with E-state index in [9.17, 15) is 4.79 Å². The molecule has 0 bridgehead atoms. The summed E-state index contributed by atoms with van der Waals surface area (Å²) < 4.78 is 0. The second-order valence-corrected chi connectivity index (χ2v) is 7.37. The van der Waals surface area contributed by atoms with Gasteiger partial charge in [0, 0.05) is 18.8 Å². The van der Waals surface area contributed by atoms with Crippen molar-refractivity contribution in [1.29, 1.82) is 0 Å². The molecule has 1 saturated heterocycles. The average Bonchev–Trinajstić information content (AvgIpc) is 2.57. The van der Waals surface area contributed by atoms with Crippen LogP contribution in [0, 0.1) is 26.7 Å². The van der Waals surface area contributed by atoms with Crippen LogP contribution in [0.25, 0.3) is 0 Å². The Hall–Kier alpha value is -2.13. The maximum atomic E-state index is 12.7. The van der Waals surface area contributed by atoms with E-state index in [2.05, 4.69) is 54.4 Å². The molecule has 2 aromatic rings. The number of rotatable bonds is 4. The van der Waals surface area contributed by atoms with Gasteiger partial charge in [-0.25, -0.2) is 0 Å². The highest BCUT2D eigenvalue weighted by molar-refractivity contribution is 5.93. The highest BCUT2D eigenvalue weighted by Gasteiger charge is 2.26. The summed E-state index contributed by atoms with van der Waals surface area (Å²) in [5, 5.41) is 3.14. The molecule has 1 fully saturated rings. The fraction of sp³-hybridized carbons (Fsp3) is 0.409. The van der Waals surface area contributed by atoms with Crippen molar-refractivity contribution < 1.29 is 4.79 Å². The smallest absolute Gasteiger partial charge is 0.228 e. The lowest BCUT2D eigenvalue weighted by Crippen LogP contribution is -2.40. The zero-order chi connectivity index (χ0) is 17.8. The van der Waals surface area contributed by atoms with E-state index in [1.54, 1.807) is 0 Å². The van der Waals surface area contributed by atoms with E-state index >= 15 is 0 Å². The molecule has 1 N–H and O–H groups in total. The van der Waals surface area contributed by atoms with Gasteiger partial charge in [-0.05, 0) is 57.4 Å². The molecule has 3 rings (SSSR count). The molecule has 0 radical (unpaired) electrons. The lowest BCUT2D eigenvalue weighted by atomic mass is 9.96. The van der Waals surface area contributed by atoms with Crippen molar-refractivity contribution in [1.82, 2.24) is 4.90 Å². The maximum absolute atomic E-state index is 12.7. The van der Waals surface area contributed by atoms with Crippen LogP contribution in [0.1, 0.15) is 35.1 Å². The van der Waals surface area contributed by atoms with Crippen LogP contribution in [-0.2, 0) is 11.3 Å². The highest BCUT2D eigenvalue weighted by atomic mass is 16.1. The van der Waals surface area contributed by atoms with Crippen LogP contribution in [0.2, 0.25) is 0 Å². The van der Waals surface area contributed by atoms with Gasteiger partial charge < -0.3 is 5.32 Å². The van der Waals surface area contributed by atoms with E-state index in [1.807, 2.05) is 19.1 Å². The van der Waals surface area contributed by atoms with E-state index in [4.69, 9.17) is 0 Å². The molecule has 25 heavy (non-hydrogen) atoms. The molecule has 0 aliphatic carbocycles. The first-order valence-corrected chi connectivity index (χ1v) is 9.17. The Morgan fingerprint density at radius 1 is 1.12 bits per heavy atom. The molecule has 1 heterocycles. The van der Waals surface area contributed by atoms with E-state index in [-0.39, 0.29) is 11.8 Å². The summed E-state index contributed by atoms with van der Waals surface area (Å²) in [5.74, 6) is 0.222. The third-order valence-corrected chi connectivity index (χ3v) is 5.00. The molecule has 132 valence electrons. The fourth-order valence-corrected chi connectivity index (χ4v) is 3.67. The van der Waals surface area contributed by atoms with Crippen LogP contribution in [0.3, 0.4) is 0 Å². The van der Waals surface area contributed by atoms with E-state index in [0.29, 0.717) is 0 Å². The normalized spacial score (nSPS) is 18.1. The van der Waals surface area contributed by atoms with E-state index < -0.39 is 0 Å². The first-order chi connectivity index (χ1) is 12.0. The molecule has 0 aromatic heterocycles. The van der Waals surface area contributed by atoms with Crippen molar-refractivity contribution in [3.8, 4) is 0 Å². The molecule has 1 aliphatic rings. The molecule has 2 aromatic carbocycles. The topological polar surface area (TPSA) is 32.3 Å². The van der Waals surface area contributed by atoms with Crippen LogP contribution in [-0.4, -0.2) is 23.9 Å². The minimum atomic E-state index is 0.0688. The second-order valence-electron chi connectivity index (χ2n) is 7.37. The largest absolute Gasteiger partial charge is 0.326 e. The van der Waals surface area contributed by atoms with Crippen molar-refractivity contribution in [2.24, 2.45) is 5.92 Å². The Labute approximate surface area is 151 Å². The molecule has 1 atom stereocenters. The van der Waals surface area contributed by atoms with Crippen LogP contribution in [0.15, 0.2) is 42.5 Å². The van der Waals surface area contributed by atoms with Crippen LogP contribution in [0.4, 0.5) is 5.69 Å². The van der Waals surface area contributed by atoms with Crippen molar-refractivity contribution in [2.45, 2.75) is 40.2 Å². The number of nitrogens with one attached hydrogen (secondary N) is 1. The second kappa shape index (κ2) is 7.83. The number of aryl methyl sites for hydroxylation is 3. The molecule has 1 aliphatic heterocycles. The van der Waals surface area contributed by atoms with Crippen LogP contribution < -0.4 is 5.32 Å². The van der Waals surface area contributed by atoms with Gasteiger partial charge in [-0.15, -0.1) is 0 Å². The van der Waals surface area contributed by atoms with Gasteiger partial charge in [0.25, 0.3) is 0 Å². The minimum Gasteiger partial charge on any atom is -0.326 e. The summed E-state index contributed by atoms with van der Waals surface area (Å²) in [4.78, 5) is 15.1. The molecular weight excluding hydrogens is 308 g/mol. The third-order valence-electron chi connectivity index (χ3n) is 5.00. The summed E-state index contributed by atoms with van der Waals surface area (Å²) in [7, 11) is 0. The number of carbonyl (C=O) groups excluding carboxylic acids is 1. The number of carbonyl (C=O) groups is 1. The molecule has 0 spiro atoms. The lowest BCUT2D eigenvalue weighted by molar-refractivity contribution is -0.121. The predicted molar refractivity (Wildman–Crippen MR) is 104 cm³/mol. The minimum absolute atomic E-state index is 0.0688. The van der Waals surface area contributed by atoms with Gasteiger partial charge in [-0.1, -0.05) is 47.5 Å². The predicted octanol–water partition coefficient (Wildman–Crippen LogP) is 4.46. The Bertz CT molecular complexity index is 753. The molecule has 1 amide bonds. The average molecular weight is 336 g/mol. The Balaban J connectivity index is 1.61. The maximum Gasteiger partial charge on any atom is 0.228 e. The summed E-state index contributed by atoms with van der Waals surface area (Å²) in [6.07, 6.45) is 2.05. The van der Waals surface area contributed by atoms with E-state index in [1.165, 1.54) is 16.7 Å². The fourth-order valence-electron chi connectivity index (χ4n) is 3.67. The summed E-state index contributed by atoms with van der Waals surface area (Å²) in [5.41, 5.74) is 5.90. The quantitative estimate of drug-likeness (QED) is 0.894. The Kier molecular flexibility index (Phi) is 5.54. The monoisotopic (exact) mass is 336 g/mol. The van der Waals surface area contributed by atoms with Crippen molar-refractivity contribution >= 4 is 11.6 Å². The summed E-state index contributed by atoms with van der Waals surface area (Å²) in [6.45, 7) is 9.08. The Morgan fingerprint density at radius 2 is 1.92 bits per heavy atom. The number of hydrogen-bond donors (Lipinski definition) is 1. The van der Waals surface area contributed by atoms with Crippen LogP contribution in [0.5, 0.6) is 0 Å².